The number of hydrogen-bond acceptors (Lipinski definition) is 5. The Morgan fingerprint density at radius 3 is 2.81 bits per heavy atom. The molecule has 2 aromatic rings. The monoisotopic (exact) mass is 377 g/mol. The van der Waals surface area contributed by atoms with Gasteiger partial charge in [0.15, 0.2) is 6.10 Å². The fourth-order valence-electron chi connectivity index (χ4n) is 2.86. The molecule has 0 radical (unpaired) electrons. The average Bonchev–Trinajstić information content (AvgIpc) is 2.85. The third-order valence-corrected chi connectivity index (χ3v) is 4.73. The summed E-state index contributed by atoms with van der Waals surface area (Å²) < 4.78 is 12.4. The van der Waals surface area contributed by atoms with Crippen molar-refractivity contribution in [1.29, 1.82) is 0 Å². The van der Waals surface area contributed by atoms with Gasteiger partial charge in [0.1, 0.15) is 17.5 Å². The van der Waals surface area contributed by atoms with E-state index < -0.39 is 12.1 Å². The molecule has 0 saturated heterocycles. The summed E-state index contributed by atoms with van der Waals surface area (Å²) in [6, 6.07) is 7.26. The molecule has 0 spiro atoms. The highest BCUT2D eigenvalue weighted by atomic mass is 35.5. The van der Waals surface area contributed by atoms with Crippen LogP contribution in [0.3, 0.4) is 0 Å². The Balaban J connectivity index is 1.61. The van der Waals surface area contributed by atoms with E-state index >= 15 is 0 Å². The van der Waals surface area contributed by atoms with E-state index in [0.717, 1.165) is 5.69 Å². The Morgan fingerprint density at radius 1 is 1.38 bits per heavy atom. The van der Waals surface area contributed by atoms with Gasteiger partial charge in [0.25, 0.3) is 5.91 Å². The lowest BCUT2D eigenvalue weighted by Crippen LogP contribution is -2.45. The molecule has 1 unspecified atom stereocenters. The summed E-state index contributed by atoms with van der Waals surface area (Å²) in [5, 5.41) is 4.62. The number of nitrogens with zero attached hydrogens (tertiary/aromatic N) is 3. The molecule has 0 fully saturated rings. The second kappa shape index (κ2) is 7.37. The average molecular weight is 378 g/mol. The zero-order valence-corrected chi connectivity index (χ0v) is 15.6. The Hall–Kier alpha value is -2.54. The fourth-order valence-corrected chi connectivity index (χ4v) is 3.08. The summed E-state index contributed by atoms with van der Waals surface area (Å²) in [6.07, 6.45) is -0.512. The first kappa shape index (κ1) is 18.3. The predicted molar refractivity (Wildman–Crippen MR) is 96.3 cm³/mol. The van der Waals surface area contributed by atoms with E-state index in [1.807, 2.05) is 12.1 Å². The highest BCUT2D eigenvalue weighted by Gasteiger charge is 2.31. The van der Waals surface area contributed by atoms with Crippen molar-refractivity contribution in [1.82, 2.24) is 9.78 Å². The SMILES string of the molecule is Cc1nn(C)c(Cl)c1COC(=O)CCN1C(=O)C(C)Oc2ccccc21. The molecule has 0 N–H and O–H groups in total. The summed E-state index contributed by atoms with van der Waals surface area (Å²) in [5.74, 6) is 0.0436. The minimum absolute atomic E-state index is 0.0569. The van der Waals surface area contributed by atoms with Gasteiger partial charge in [0, 0.05) is 19.2 Å². The van der Waals surface area contributed by atoms with Gasteiger partial charge in [-0.1, -0.05) is 23.7 Å². The van der Waals surface area contributed by atoms with Gasteiger partial charge in [0.2, 0.25) is 0 Å². The Kier molecular flexibility index (Phi) is 5.18. The van der Waals surface area contributed by atoms with Gasteiger partial charge >= 0.3 is 5.97 Å². The molecule has 26 heavy (non-hydrogen) atoms. The molecular formula is C18H20ClN3O4. The molecule has 0 bridgehead atoms. The number of hydrogen-bond donors (Lipinski definition) is 0. The number of aryl methyl sites for hydroxylation is 2. The quantitative estimate of drug-likeness (QED) is 0.749. The lowest BCUT2D eigenvalue weighted by atomic mass is 10.2. The second-order valence-electron chi connectivity index (χ2n) is 6.11. The zero-order chi connectivity index (χ0) is 18.8. The number of fused-ring (bicyclic) bond motifs is 1. The third-order valence-electron chi connectivity index (χ3n) is 4.26. The van der Waals surface area contributed by atoms with Crippen molar-refractivity contribution in [3.8, 4) is 5.75 Å². The van der Waals surface area contributed by atoms with Crippen LogP contribution in [-0.2, 0) is 28.0 Å². The number of esters is 1. The van der Waals surface area contributed by atoms with Crippen molar-refractivity contribution in [3.63, 3.8) is 0 Å². The van der Waals surface area contributed by atoms with E-state index in [2.05, 4.69) is 5.10 Å². The molecule has 0 aliphatic carbocycles. The number of amides is 1. The number of halogens is 1. The number of anilines is 1. The van der Waals surface area contributed by atoms with Crippen LogP contribution >= 0.6 is 11.6 Å². The molecule has 8 heteroatoms. The van der Waals surface area contributed by atoms with E-state index in [-0.39, 0.29) is 25.5 Å². The molecule has 1 aromatic heterocycles. The van der Waals surface area contributed by atoms with Crippen molar-refractivity contribution in [2.45, 2.75) is 33.0 Å². The van der Waals surface area contributed by atoms with Crippen LogP contribution in [0.15, 0.2) is 24.3 Å². The maximum Gasteiger partial charge on any atom is 0.307 e. The van der Waals surface area contributed by atoms with Crippen LogP contribution in [-0.4, -0.2) is 34.3 Å². The van der Waals surface area contributed by atoms with Crippen LogP contribution in [0.4, 0.5) is 5.69 Å². The Labute approximate surface area is 156 Å². The number of rotatable bonds is 5. The molecular weight excluding hydrogens is 358 g/mol. The smallest absolute Gasteiger partial charge is 0.307 e. The Bertz CT molecular complexity index is 849. The van der Waals surface area contributed by atoms with Gasteiger partial charge in [-0.15, -0.1) is 0 Å². The van der Waals surface area contributed by atoms with Crippen molar-refractivity contribution >= 4 is 29.2 Å². The fraction of sp³-hybridized carbons (Fsp3) is 0.389. The minimum atomic E-state index is -0.585. The van der Waals surface area contributed by atoms with E-state index in [1.54, 1.807) is 37.9 Å². The van der Waals surface area contributed by atoms with Gasteiger partial charge in [-0.25, -0.2) is 0 Å². The molecule has 7 nitrogen and oxygen atoms in total. The number of aromatic nitrogens is 2. The lowest BCUT2D eigenvalue weighted by Gasteiger charge is -2.32. The standard InChI is InChI=1S/C18H20ClN3O4/c1-11-13(17(19)21(3)20-11)10-25-16(23)8-9-22-14-6-4-5-7-15(14)26-12(2)18(22)24/h4-7,12H,8-10H2,1-3H3. The number of benzene rings is 1. The van der Waals surface area contributed by atoms with Gasteiger partial charge < -0.3 is 14.4 Å². The van der Waals surface area contributed by atoms with Crippen LogP contribution in [0.1, 0.15) is 24.6 Å². The first-order valence-electron chi connectivity index (χ1n) is 8.29. The largest absolute Gasteiger partial charge is 0.479 e. The van der Waals surface area contributed by atoms with E-state index in [9.17, 15) is 9.59 Å². The zero-order valence-electron chi connectivity index (χ0n) is 14.9. The lowest BCUT2D eigenvalue weighted by molar-refractivity contribution is -0.144. The molecule has 0 saturated carbocycles. The van der Waals surface area contributed by atoms with Crippen molar-refractivity contribution < 1.29 is 19.1 Å². The molecule has 1 aromatic carbocycles. The van der Waals surface area contributed by atoms with E-state index in [0.29, 0.717) is 22.2 Å². The summed E-state index contributed by atoms with van der Waals surface area (Å²) in [6.45, 7) is 3.78. The van der Waals surface area contributed by atoms with Crippen LogP contribution in [0.25, 0.3) is 0 Å². The summed E-state index contributed by atoms with van der Waals surface area (Å²) in [7, 11) is 1.73. The van der Waals surface area contributed by atoms with Crippen LogP contribution in [0, 0.1) is 6.92 Å². The highest BCUT2D eigenvalue weighted by molar-refractivity contribution is 6.30. The van der Waals surface area contributed by atoms with Crippen LogP contribution in [0.2, 0.25) is 5.15 Å². The second-order valence-corrected chi connectivity index (χ2v) is 6.46. The summed E-state index contributed by atoms with van der Waals surface area (Å²) in [4.78, 5) is 26.1. The molecule has 1 aliphatic heterocycles. The van der Waals surface area contributed by atoms with Gasteiger partial charge in [-0.05, 0) is 26.0 Å². The molecule has 1 atom stereocenters. The van der Waals surface area contributed by atoms with Crippen molar-refractivity contribution in [2.75, 3.05) is 11.4 Å². The molecule has 2 heterocycles. The highest BCUT2D eigenvalue weighted by Crippen LogP contribution is 2.33. The first-order chi connectivity index (χ1) is 12.4. The topological polar surface area (TPSA) is 73.7 Å². The van der Waals surface area contributed by atoms with Crippen LogP contribution < -0.4 is 9.64 Å². The third kappa shape index (κ3) is 3.53. The van der Waals surface area contributed by atoms with Crippen LogP contribution in [0.5, 0.6) is 5.75 Å². The van der Waals surface area contributed by atoms with E-state index in [4.69, 9.17) is 21.1 Å². The molecule has 138 valence electrons. The minimum Gasteiger partial charge on any atom is -0.479 e. The molecule has 1 amide bonds. The predicted octanol–water partition coefficient (Wildman–Crippen LogP) is 2.63. The number of carbonyl (C=O) groups is 2. The summed E-state index contributed by atoms with van der Waals surface area (Å²) in [5.41, 5.74) is 2.06. The maximum atomic E-state index is 12.4. The van der Waals surface area contributed by atoms with E-state index in [1.165, 1.54) is 4.68 Å². The first-order valence-corrected chi connectivity index (χ1v) is 8.67. The van der Waals surface area contributed by atoms with Gasteiger partial charge in [-0.2, -0.15) is 5.10 Å². The van der Waals surface area contributed by atoms with Gasteiger partial charge in [0.05, 0.1) is 17.8 Å². The Morgan fingerprint density at radius 2 is 2.12 bits per heavy atom. The molecule has 1 aliphatic rings. The van der Waals surface area contributed by atoms with Crippen molar-refractivity contribution in [2.24, 2.45) is 7.05 Å². The molecule has 3 rings (SSSR count). The van der Waals surface area contributed by atoms with Gasteiger partial charge in [-0.3, -0.25) is 14.3 Å². The number of ether oxygens (including phenoxy) is 2. The van der Waals surface area contributed by atoms with Crippen molar-refractivity contribution in [3.05, 3.63) is 40.7 Å². The number of para-hydroxylation sites is 2. The number of carbonyl (C=O) groups excluding carboxylic acids is 2. The summed E-state index contributed by atoms with van der Waals surface area (Å²) >= 11 is 6.13. The maximum absolute atomic E-state index is 12.4. The normalized spacial score (nSPS) is 16.2.